The third-order valence-corrected chi connectivity index (χ3v) is 7.50. The molecule has 2 aromatic rings. The molecule has 0 spiro atoms. The number of urea groups is 1. The van der Waals surface area contributed by atoms with Gasteiger partial charge in [-0.1, -0.05) is 13.8 Å². The Morgan fingerprint density at radius 3 is 2.77 bits per heavy atom. The number of amides is 2. The van der Waals surface area contributed by atoms with E-state index in [4.69, 9.17) is 10.1 Å². The average Bonchev–Trinajstić information content (AvgIpc) is 3.39. The normalized spacial score (nSPS) is 18.5. The zero-order valence-corrected chi connectivity index (χ0v) is 19.3. The number of nitrogens with zero attached hydrogens (tertiary/aromatic N) is 4. The minimum Gasteiger partial charge on any atom is -0.392 e. The lowest BCUT2D eigenvalue weighted by Crippen LogP contribution is -2.21. The van der Waals surface area contributed by atoms with Crippen LogP contribution in [0.4, 0.5) is 10.5 Å². The van der Waals surface area contributed by atoms with Crippen molar-refractivity contribution in [2.24, 2.45) is 9.50 Å². The number of fused-ring (bicyclic) bond motifs is 2. The van der Waals surface area contributed by atoms with Crippen molar-refractivity contribution in [3.8, 4) is 0 Å². The fraction of sp³-hybridized carbons (Fsp3) is 0.571. The van der Waals surface area contributed by atoms with E-state index in [9.17, 15) is 14.1 Å². The maximum atomic E-state index is 13.1. The van der Waals surface area contributed by atoms with Gasteiger partial charge >= 0.3 is 6.03 Å². The molecule has 31 heavy (non-hydrogen) atoms. The first-order valence-corrected chi connectivity index (χ1v) is 12.2. The number of pyridine rings is 1. The minimum absolute atomic E-state index is 0.0200. The molecule has 0 aromatic carbocycles. The van der Waals surface area contributed by atoms with Crippen LogP contribution in [0.1, 0.15) is 74.7 Å². The number of rotatable bonds is 4. The molecule has 9 nitrogen and oxygen atoms in total. The number of aryl methyl sites for hydroxylation is 1. The first-order chi connectivity index (χ1) is 14.5. The topological polar surface area (TPSA) is 135 Å². The van der Waals surface area contributed by atoms with Crippen molar-refractivity contribution >= 4 is 21.6 Å². The molecule has 0 saturated heterocycles. The lowest BCUT2D eigenvalue weighted by Gasteiger charge is -2.20. The molecular formula is C21H30N6O3S. The van der Waals surface area contributed by atoms with Crippen LogP contribution in [0.2, 0.25) is 0 Å². The maximum absolute atomic E-state index is 13.1. The maximum Gasteiger partial charge on any atom is 0.354 e. The summed E-state index contributed by atoms with van der Waals surface area (Å²) in [5.74, 6) is 0. The number of anilines is 1. The van der Waals surface area contributed by atoms with Gasteiger partial charge in [0.1, 0.15) is 0 Å². The van der Waals surface area contributed by atoms with Gasteiger partial charge in [0, 0.05) is 28.9 Å². The van der Waals surface area contributed by atoms with E-state index < -0.39 is 22.6 Å². The van der Waals surface area contributed by atoms with Crippen molar-refractivity contribution in [2.75, 3.05) is 5.32 Å². The molecule has 2 heterocycles. The molecule has 2 aliphatic rings. The predicted molar refractivity (Wildman–Crippen MR) is 118 cm³/mol. The molecule has 0 fully saturated rings. The number of hydrogen-bond acceptors (Lipinski definition) is 5. The molecule has 4 N–H and O–H groups in total. The highest BCUT2D eigenvalue weighted by atomic mass is 32.2. The number of carbonyl (C=O) groups is 1. The summed E-state index contributed by atoms with van der Waals surface area (Å²) in [6.45, 7) is 7.72. The summed E-state index contributed by atoms with van der Waals surface area (Å²) in [6, 6.07) is -0.795. The Morgan fingerprint density at radius 2 is 2.10 bits per heavy atom. The van der Waals surface area contributed by atoms with Crippen LogP contribution in [-0.4, -0.2) is 30.1 Å². The van der Waals surface area contributed by atoms with E-state index in [2.05, 4.69) is 28.6 Å². The molecule has 1 atom stereocenters. The SMILES string of the molecule is CC(C)n1cc(CO)c(S(N)(=O)=NC(=O)Nc2c3c(nc4c2CCC4(C)C)CCC3)n1. The van der Waals surface area contributed by atoms with Crippen molar-refractivity contribution < 1.29 is 14.1 Å². The molecule has 10 heteroatoms. The molecule has 0 saturated carbocycles. The lowest BCUT2D eigenvalue weighted by atomic mass is 9.90. The minimum atomic E-state index is -3.63. The van der Waals surface area contributed by atoms with E-state index in [1.165, 1.54) is 0 Å². The number of aliphatic hydroxyl groups is 1. The Balaban J connectivity index is 1.72. The monoisotopic (exact) mass is 446 g/mol. The third-order valence-electron chi connectivity index (χ3n) is 6.16. The second-order valence-electron chi connectivity index (χ2n) is 9.26. The van der Waals surface area contributed by atoms with Gasteiger partial charge < -0.3 is 10.4 Å². The Morgan fingerprint density at radius 1 is 1.35 bits per heavy atom. The second-order valence-corrected chi connectivity index (χ2v) is 11.0. The smallest absolute Gasteiger partial charge is 0.354 e. The lowest BCUT2D eigenvalue weighted by molar-refractivity contribution is 0.259. The molecule has 0 bridgehead atoms. The van der Waals surface area contributed by atoms with Crippen molar-refractivity contribution in [3.05, 3.63) is 34.3 Å². The van der Waals surface area contributed by atoms with E-state index in [0.29, 0.717) is 5.56 Å². The quantitative estimate of drug-likeness (QED) is 0.663. The molecule has 0 radical (unpaired) electrons. The first kappa shape index (κ1) is 21.9. The summed E-state index contributed by atoms with van der Waals surface area (Å²) < 4.78 is 18.5. The second kappa shape index (κ2) is 7.68. The Labute approximate surface area is 182 Å². The summed E-state index contributed by atoms with van der Waals surface area (Å²) in [5, 5.41) is 22.6. The summed E-state index contributed by atoms with van der Waals surface area (Å²) >= 11 is 0. The molecule has 0 aliphatic heterocycles. The number of aliphatic hydroxyl groups excluding tert-OH is 1. The van der Waals surface area contributed by atoms with Crippen LogP contribution in [0, 0.1) is 0 Å². The van der Waals surface area contributed by atoms with Gasteiger partial charge in [-0.05, 0) is 57.1 Å². The molecule has 2 amide bonds. The van der Waals surface area contributed by atoms with Gasteiger partial charge in [0.05, 0.1) is 18.0 Å². The van der Waals surface area contributed by atoms with E-state index in [1.54, 1.807) is 10.9 Å². The highest BCUT2D eigenvalue weighted by Gasteiger charge is 2.36. The van der Waals surface area contributed by atoms with E-state index in [1.807, 2.05) is 13.8 Å². The highest BCUT2D eigenvalue weighted by molar-refractivity contribution is 7.91. The zero-order valence-electron chi connectivity index (χ0n) is 18.4. The zero-order chi connectivity index (χ0) is 22.6. The van der Waals surface area contributed by atoms with Crippen LogP contribution in [0.3, 0.4) is 0 Å². The van der Waals surface area contributed by atoms with Crippen molar-refractivity contribution in [2.45, 2.75) is 82.9 Å². The highest BCUT2D eigenvalue weighted by Crippen LogP contribution is 2.44. The van der Waals surface area contributed by atoms with Crippen LogP contribution >= 0.6 is 0 Å². The summed E-state index contributed by atoms with van der Waals surface area (Å²) in [6.07, 6.45) is 6.08. The van der Waals surface area contributed by atoms with Gasteiger partial charge in [-0.25, -0.2) is 14.1 Å². The number of nitrogens with one attached hydrogen (secondary N) is 1. The van der Waals surface area contributed by atoms with Gasteiger partial charge in [0.2, 0.25) is 0 Å². The molecular weight excluding hydrogens is 416 g/mol. The van der Waals surface area contributed by atoms with Gasteiger partial charge in [0.25, 0.3) is 0 Å². The number of aromatic nitrogens is 3. The molecule has 2 aromatic heterocycles. The predicted octanol–water partition coefficient (Wildman–Crippen LogP) is 3.00. The van der Waals surface area contributed by atoms with Gasteiger partial charge in [-0.15, -0.1) is 4.36 Å². The van der Waals surface area contributed by atoms with Crippen molar-refractivity contribution in [1.82, 2.24) is 14.8 Å². The van der Waals surface area contributed by atoms with Gasteiger partial charge in [0.15, 0.2) is 14.9 Å². The van der Waals surface area contributed by atoms with Crippen LogP contribution in [-0.2, 0) is 41.2 Å². The van der Waals surface area contributed by atoms with E-state index >= 15 is 0 Å². The molecule has 168 valence electrons. The number of hydrogen-bond donors (Lipinski definition) is 3. The Bertz CT molecular complexity index is 1170. The Kier molecular flexibility index (Phi) is 5.43. The fourth-order valence-electron chi connectivity index (χ4n) is 4.46. The van der Waals surface area contributed by atoms with Crippen LogP contribution in [0.15, 0.2) is 15.6 Å². The van der Waals surface area contributed by atoms with E-state index in [-0.39, 0.29) is 16.5 Å². The van der Waals surface area contributed by atoms with Crippen LogP contribution in [0.25, 0.3) is 0 Å². The van der Waals surface area contributed by atoms with Crippen LogP contribution < -0.4 is 10.5 Å². The Hall–Kier alpha value is -2.30. The molecule has 4 rings (SSSR count). The van der Waals surface area contributed by atoms with Gasteiger partial charge in [-0.2, -0.15) is 5.10 Å². The molecule has 2 aliphatic carbocycles. The summed E-state index contributed by atoms with van der Waals surface area (Å²) in [5.41, 5.74) is 5.13. The largest absolute Gasteiger partial charge is 0.392 e. The summed E-state index contributed by atoms with van der Waals surface area (Å²) in [7, 11) is -3.63. The number of carbonyl (C=O) groups excluding carboxylic acids is 1. The average molecular weight is 447 g/mol. The summed E-state index contributed by atoms with van der Waals surface area (Å²) in [4.78, 5) is 17.8. The van der Waals surface area contributed by atoms with Gasteiger partial charge in [-0.3, -0.25) is 9.67 Å². The molecule has 1 unspecified atom stereocenters. The first-order valence-electron chi connectivity index (χ1n) is 10.6. The van der Waals surface area contributed by atoms with Crippen molar-refractivity contribution in [3.63, 3.8) is 0 Å². The van der Waals surface area contributed by atoms with E-state index in [0.717, 1.165) is 60.3 Å². The standard InChI is InChI=1S/C21H30N6O3S/c1-12(2)27-10-13(11-28)19(25-27)31(22,30)26-20(29)24-17-14-6-5-7-16(14)23-18-15(17)8-9-21(18,3)4/h10,12,28H,5-9,11H2,1-4H3,(H3,22,23,24,26,29,30). The van der Waals surface area contributed by atoms with Crippen LogP contribution in [0.5, 0.6) is 0 Å². The third kappa shape index (κ3) is 3.88. The fourth-order valence-corrected chi connectivity index (χ4v) is 5.54. The van der Waals surface area contributed by atoms with Crippen molar-refractivity contribution in [1.29, 1.82) is 0 Å². The number of nitrogens with two attached hydrogens (primary N) is 1.